The molecule has 2 aromatic rings. The number of rotatable bonds is 5. The highest BCUT2D eigenvalue weighted by molar-refractivity contribution is 5.78. The maximum atomic E-state index is 12.0. The van der Waals surface area contributed by atoms with Gasteiger partial charge in [0.25, 0.3) is 5.91 Å². The van der Waals surface area contributed by atoms with Gasteiger partial charge in [-0.15, -0.1) is 0 Å². The molecule has 1 amide bonds. The molecule has 6 heteroatoms. The Kier molecular flexibility index (Phi) is 4.92. The third-order valence-electron chi connectivity index (χ3n) is 3.83. The van der Waals surface area contributed by atoms with Crippen LogP contribution >= 0.6 is 0 Å². The fraction of sp³-hybridized carbons (Fsp3) is 0.412. The van der Waals surface area contributed by atoms with E-state index in [1.54, 1.807) is 10.9 Å². The van der Waals surface area contributed by atoms with Crippen LogP contribution in [0, 0.1) is 0 Å². The van der Waals surface area contributed by atoms with Gasteiger partial charge in [-0.05, 0) is 30.5 Å². The van der Waals surface area contributed by atoms with Crippen LogP contribution in [0.3, 0.4) is 0 Å². The molecule has 0 spiro atoms. The van der Waals surface area contributed by atoms with Gasteiger partial charge in [0.1, 0.15) is 5.75 Å². The number of carbonyl (C=O) groups is 1. The van der Waals surface area contributed by atoms with Crippen molar-refractivity contribution in [2.24, 2.45) is 7.05 Å². The summed E-state index contributed by atoms with van der Waals surface area (Å²) >= 11 is 0. The molecule has 2 heterocycles. The lowest BCUT2D eigenvalue weighted by molar-refractivity contribution is -0.124. The average Bonchev–Trinajstić information content (AvgIpc) is 3.01. The van der Waals surface area contributed by atoms with Crippen molar-refractivity contribution < 1.29 is 14.3 Å². The van der Waals surface area contributed by atoms with Crippen LogP contribution < -0.4 is 10.1 Å². The molecule has 0 bridgehead atoms. The Balaban J connectivity index is 1.54. The van der Waals surface area contributed by atoms with E-state index in [-0.39, 0.29) is 18.6 Å². The Morgan fingerprint density at radius 2 is 2.22 bits per heavy atom. The molecule has 1 N–H and O–H groups in total. The van der Waals surface area contributed by atoms with Crippen LogP contribution in [0.15, 0.2) is 36.7 Å². The summed E-state index contributed by atoms with van der Waals surface area (Å²) in [5, 5.41) is 7.14. The maximum Gasteiger partial charge on any atom is 0.258 e. The van der Waals surface area contributed by atoms with Crippen molar-refractivity contribution in [2.75, 3.05) is 19.8 Å². The molecular weight excluding hydrogens is 294 g/mol. The van der Waals surface area contributed by atoms with E-state index < -0.39 is 0 Å². The van der Waals surface area contributed by atoms with Gasteiger partial charge in [-0.1, -0.05) is 12.1 Å². The Labute approximate surface area is 135 Å². The number of carbonyl (C=O) groups excluding carboxylic acids is 1. The molecular formula is C17H21N3O3. The quantitative estimate of drug-likeness (QED) is 0.913. The minimum absolute atomic E-state index is 0.0217. The molecule has 3 rings (SSSR count). The van der Waals surface area contributed by atoms with Crippen molar-refractivity contribution in [3.63, 3.8) is 0 Å². The molecule has 1 saturated heterocycles. The number of nitrogens with one attached hydrogen (secondary N) is 1. The van der Waals surface area contributed by atoms with Gasteiger partial charge in [-0.2, -0.15) is 5.10 Å². The van der Waals surface area contributed by atoms with Crippen molar-refractivity contribution in [1.82, 2.24) is 15.1 Å². The third-order valence-corrected chi connectivity index (χ3v) is 3.83. The number of hydrogen-bond donors (Lipinski definition) is 1. The first kappa shape index (κ1) is 15.6. The van der Waals surface area contributed by atoms with E-state index in [1.807, 2.05) is 37.5 Å². The van der Waals surface area contributed by atoms with Gasteiger partial charge in [0.2, 0.25) is 0 Å². The smallest absolute Gasteiger partial charge is 0.258 e. The lowest BCUT2D eigenvalue weighted by atomic mass is 10.1. The Morgan fingerprint density at radius 3 is 2.96 bits per heavy atom. The van der Waals surface area contributed by atoms with E-state index in [9.17, 15) is 4.79 Å². The van der Waals surface area contributed by atoms with Crippen LogP contribution in [0.2, 0.25) is 0 Å². The first-order valence-corrected chi connectivity index (χ1v) is 7.80. The van der Waals surface area contributed by atoms with E-state index in [0.717, 1.165) is 24.0 Å². The molecule has 1 aromatic heterocycles. The molecule has 1 aliphatic rings. The molecule has 23 heavy (non-hydrogen) atoms. The van der Waals surface area contributed by atoms with Gasteiger partial charge in [-0.25, -0.2) is 0 Å². The summed E-state index contributed by atoms with van der Waals surface area (Å²) in [5.74, 6) is 0.581. The minimum Gasteiger partial charge on any atom is -0.484 e. The van der Waals surface area contributed by atoms with Crippen molar-refractivity contribution in [1.29, 1.82) is 0 Å². The number of hydrogen-bond acceptors (Lipinski definition) is 4. The number of amides is 1. The fourth-order valence-corrected chi connectivity index (χ4v) is 2.60. The molecule has 1 aromatic carbocycles. The zero-order valence-corrected chi connectivity index (χ0v) is 13.2. The predicted molar refractivity (Wildman–Crippen MR) is 86.1 cm³/mol. The lowest BCUT2D eigenvalue weighted by Crippen LogP contribution is -2.41. The summed E-state index contributed by atoms with van der Waals surface area (Å²) in [5.41, 5.74) is 2.03. The monoisotopic (exact) mass is 315 g/mol. The van der Waals surface area contributed by atoms with E-state index in [1.165, 1.54) is 0 Å². The van der Waals surface area contributed by atoms with Gasteiger partial charge >= 0.3 is 0 Å². The maximum absolute atomic E-state index is 12.0. The van der Waals surface area contributed by atoms with Gasteiger partial charge in [-0.3, -0.25) is 9.48 Å². The van der Waals surface area contributed by atoms with Gasteiger partial charge < -0.3 is 14.8 Å². The predicted octanol–water partition coefficient (Wildman–Crippen LogP) is 1.76. The third kappa shape index (κ3) is 4.32. The minimum atomic E-state index is -0.0938. The number of aryl methyl sites for hydroxylation is 1. The molecule has 0 saturated carbocycles. The molecule has 6 nitrogen and oxygen atoms in total. The van der Waals surface area contributed by atoms with Crippen molar-refractivity contribution >= 4 is 5.91 Å². The molecule has 122 valence electrons. The average molecular weight is 315 g/mol. The van der Waals surface area contributed by atoms with Crippen LogP contribution in [0.4, 0.5) is 0 Å². The van der Waals surface area contributed by atoms with Crippen LogP contribution in [0.1, 0.15) is 12.8 Å². The summed E-state index contributed by atoms with van der Waals surface area (Å²) in [4.78, 5) is 12.0. The second-order valence-corrected chi connectivity index (χ2v) is 5.67. The van der Waals surface area contributed by atoms with Crippen LogP contribution in [0.25, 0.3) is 11.1 Å². The van der Waals surface area contributed by atoms with Gasteiger partial charge in [0.15, 0.2) is 6.61 Å². The van der Waals surface area contributed by atoms with E-state index >= 15 is 0 Å². The zero-order chi connectivity index (χ0) is 16.1. The Bertz CT molecular complexity index is 663. The van der Waals surface area contributed by atoms with Crippen LogP contribution in [-0.4, -0.2) is 41.6 Å². The summed E-state index contributed by atoms with van der Waals surface area (Å²) in [7, 11) is 1.88. The number of nitrogens with zero attached hydrogens (tertiary/aromatic N) is 2. The molecule has 1 aliphatic heterocycles. The Morgan fingerprint density at radius 1 is 1.39 bits per heavy atom. The lowest BCUT2D eigenvalue weighted by Gasteiger charge is -2.23. The highest BCUT2D eigenvalue weighted by Crippen LogP contribution is 2.23. The van der Waals surface area contributed by atoms with Gasteiger partial charge in [0, 0.05) is 38.1 Å². The van der Waals surface area contributed by atoms with E-state index in [0.29, 0.717) is 19.0 Å². The first-order chi connectivity index (χ1) is 11.2. The van der Waals surface area contributed by atoms with Crippen molar-refractivity contribution in [3.8, 4) is 16.9 Å². The largest absolute Gasteiger partial charge is 0.484 e. The second kappa shape index (κ2) is 7.28. The Hall–Kier alpha value is -2.34. The van der Waals surface area contributed by atoms with Crippen LogP contribution in [0.5, 0.6) is 5.75 Å². The molecule has 0 unspecified atom stereocenters. The highest BCUT2D eigenvalue weighted by atomic mass is 16.5. The van der Waals surface area contributed by atoms with Crippen LogP contribution in [-0.2, 0) is 16.6 Å². The highest BCUT2D eigenvalue weighted by Gasteiger charge is 2.16. The molecule has 0 atom stereocenters. The summed E-state index contributed by atoms with van der Waals surface area (Å²) in [6, 6.07) is 7.86. The number of ether oxygens (including phenoxy) is 2. The first-order valence-electron chi connectivity index (χ1n) is 7.80. The van der Waals surface area contributed by atoms with E-state index in [4.69, 9.17) is 9.47 Å². The summed E-state index contributed by atoms with van der Waals surface area (Å²) in [6.45, 7) is 1.44. The normalized spacial score (nSPS) is 15.3. The number of aromatic nitrogens is 2. The van der Waals surface area contributed by atoms with Crippen molar-refractivity contribution in [3.05, 3.63) is 36.7 Å². The zero-order valence-electron chi connectivity index (χ0n) is 13.2. The fourth-order valence-electron chi connectivity index (χ4n) is 2.60. The summed E-state index contributed by atoms with van der Waals surface area (Å²) in [6.07, 6.45) is 5.47. The topological polar surface area (TPSA) is 65.4 Å². The van der Waals surface area contributed by atoms with E-state index in [2.05, 4.69) is 10.4 Å². The second-order valence-electron chi connectivity index (χ2n) is 5.67. The number of benzene rings is 1. The molecule has 0 aliphatic carbocycles. The SMILES string of the molecule is Cn1cc(-c2cccc(OCC(=O)NC3CCOCC3)c2)cn1. The van der Waals surface area contributed by atoms with Crippen molar-refractivity contribution in [2.45, 2.75) is 18.9 Å². The standard InChI is InChI=1S/C17H21N3O3/c1-20-11-14(10-18-20)13-3-2-4-16(9-13)23-12-17(21)19-15-5-7-22-8-6-15/h2-4,9-11,15H,5-8,12H2,1H3,(H,19,21). The molecule has 1 fully saturated rings. The summed E-state index contributed by atoms with van der Waals surface area (Å²) < 4.78 is 12.6. The van der Waals surface area contributed by atoms with Gasteiger partial charge in [0.05, 0.1) is 6.20 Å². The molecule has 0 radical (unpaired) electrons.